The van der Waals surface area contributed by atoms with Gasteiger partial charge in [-0.15, -0.1) is 24.0 Å². The van der Waals surface area contributed by atoms with Crippen molar-refractivity contribution in [3.8, 4) is 0 Å². The summed E-state index contributed by atoms with van der Waals surface area (Å²) in [5.74, 6) is 0. The predicted molar refractivity (Wildman–Crippen MR) is 61.1 cm³/mol. The van der Waals surface area contributed by atoms with Crippen LogP contribution in [0.1, 0.15) is 11.1 Å². The maximum Gasteiger partial charge on any atom is 0.294 e. The summed E-state index contributed by atoms with van der Waals surface area (Å²) >= 11 is 0. The molecule has 0 saturated heterocycles. The molecule has 0 bridgehead atoms. The van der Waals surface area contributed by atoms with Crippen LogP contribution in [0, 0.1) is 13.8 Å². The molecule has 0 aliphatic carbocycles. The Morgan fingerprint density at radius 2 is 1.46 bits per heavy atom. The zero-order valence-electron chi connectivity index (χ0n) is 7.31. The van der Waals surface area contributed by atoms with Crippen molar-refractivity contribution in [1.29, 1.82) is 0 Å². The predicted octanol–water partition coefficient (Wildman–Crippen LogP) is 2.17. The highest BCUT2D eigenvalue weighted by molar-refractivity contribution is 14.0. The van der Waals surface area contributed by atoms with Crippen LogP contribution in [0.2, 0.25) is 0 Å². The summed E-state index contributed by atoms with van der Waals surface area (Å²) in [7, 11) is -4.05. The largest absolute Gasteiger partial charge is 0.294 e. The van der Waals surface area contributed by atoms with Crippen molar-refractivity contribution in [2.24, 2.45) is 0 Å². The third kappa shape index (κ3) is 3.61. The van der Waals surface area contributed by atoms with Crippen LogP contribution in [-0.2, 0) is 10.1 Å². The van der Waals surface area contributed by atoms with E-state index in [1.54, 1.807) is 13.8 Å². The summed E-state index contributed by atoms with van der Waals surface area (Å²) < 4.78 is 30.1. The van der Waals surface area contributed by atoms with Crippen molar-refractivity contribution in [2.75, 3.05) is 0 Å². The Bertz CT molecular complexity index is 378. The molecule has 0 aromatic heterocycles. The lowest BCUT2D eigenvalue weighted by Gasteiger charge is -2.00. The molecule has 3 nitrogen and oxygen atoms in total. The minimum absolute atomic E-state index is 0. The van der Waals surface area contributed by atoms with Crippen molar-refractivity contribution < 1.29 is 13.0 Å². The van der Waals surface area contributed by atoms with Crippen molar-refractivity contribution in [3.63, 3.8) is 0 Å². The van der Waals surface area contributed by atoms with Gasteiger partial charge in [0.1, 0.15) is 0 Å². The van der Waals surface area contributed by atoms with E-state index in [1.165, 1.54) is 12.1 Å². The molecule has 1 N–H and O–H groups in total. The summed E-state index contributed by atoms with van der Waals surface area (Å²) in [5, 5.41) is 0. The van der Waals surface area contributed by atoms with E-state index in [4.69, 9.17) is 4.55 Å². The first-order valence-corrected chi connectivity index (χ1v) is 4.89. The van der Waals surface area contributed by atoms with Crippen molar-refractivity contribution in [2.45, 2.75) is 18.7 Å². The Morgan fingerprint density at radius 3 is 1.77 bits per heavy atom. The van der Waals surface area contributed by atoms with E-state index in [0.717, 1.165) is 11.1 Å². The van der Waals surface area contributed by atoms with Crippen LogP contribution >= 0.6 is 24.0 Å². The molecule has 0 radical (unpaired) electrons. The van der Waals surface area contributed by atoms with Crippen LogP contribution < -0.4 is 0 Å². The molecule has 1 aromatic carbocycles. The van der Waals surface area contributed by atoms with Gasteiger partial charge in [0.05, 0.1) is 4.90 Å². The second-order valence-electron chi connectivity index (χ2n) is 2.80. The van der Waals surface area contributed by atoms with Crippen LogP contribution in [0.5, 0.6) is 0 Å². The molecule has 0 fully saturated rings. The minimum atomic E-state index is -4.05. The van der Waals surface area contributed by atoms with Crippen LogP contribution in [-0.4, -0.2) is 13.0 Å². The highest BCUT2D eigenvalue weighted by Crippen LogP contribution is 2.13. The number of hydrogen-bond donors (Lipinski definition) is 1. The Labute approximate surface area is 94.9 Å². The first-order chi connectivity index (χ1) is 5.39. The van der Waals surface area contributed by atoms with Gasteiger partial charge >= 0.3 is 0 Å². The van der Waals surface area contributed by atoms with Gasteiger partial charge in [-0.2, -0.15) is 8.42 Å². The second-order valence-corrected chi connectivity index (χ2v) is 4.22. The molecule has 13 heavy (non-hydrogen) atoms. The molecule has 0 aliphatic heterocycles. The first kappa shape index (κ1) is 12.9. The smallest absolute Gasteiger partial charge is 0.282 e. The Balaban J connectivity index is 0.00000144. The quantitative estimate of drug-likeness (QED) is 0.638. The molecule has 74 valence electrons. The van der Waals surface area contributed by atoms with Gasteiger partial charge in [-0.1, -0.05) is 6.07 Å². The molecule has 0 unspecified atom stereocenters. The Hall–Kier alpha value is -0.140. The van der Waals surface area contributed by atoms with E-state index >= 15 is 0 Å². The van der Waals surface area contributed by atoms with E-state index < -0.39 is 10.1 Å². The molecular weight excluding hydrogens is 303 g/mol. The zero-order valence-corrected chi connectivity index (χ0v) is 10.5. The van der Waals surface area contributed by atoms with Crippen LogP contribution in [0.3, 0.4) is 0 Å². The zero-order chi connectivity index (χ0) is 9.35. The maximum absolute atomic E-state index is 10.7. The SMILES string of the molecule is Cc1cc(C)cc(S(=O)(=O)O)c1.I. The van der Waals surface area contributed by atoms with Gasteiger partial charge in [-0.05, 0) is 37.1 Å². The number of benzene rings is 1. The molecule has 1 aromatic rings. The van der Waals surface area contributed by atoms with E-state index in [-0.39, 0.29) is 28.9 Å². The van der Waals surface area contributed by atoms with E-state index in [0.29, 0.717) is 0 Å². The third-order valence-electron chi connectivity index (χ3n) is 1.49. The summed E-state index contributed by atoms with van der Waals surface area (Å²) in [6.07, 6.45) is 0. The van der Waals surface area contributed by atoms with E-state index in [9.17, 15) is 8.42 Å². The molecule has 0 saturated carbocycles. The third-order valence-corrected chi connectivity index (χ3v) is 2.32. The van der Waals surface area contributed by atoms with E-state index in [2.05, 4.69) is 0 Å². The molecule has 5 heteroatoms. The van der Waals surface area contributed by atoms with Gasteiger partial charge in [0.15, 0.2) is 0 Å². The fourth-order valence-corrected chi connectivity index (χ4v) is 1.75. The number of aryl methyl sites for hydroxylation is 2. The van der Waals surface area contributed by atoms with Gasteiger partial charge in [-0.25, -0.2) is 0 Å². The average Bonchev–Trinajstić information content (AvgIpc) is 1.82. The molecule has 1 rings (SSSR count). The summed E-state index contributed by atoms with van der Waals surface area (Å²) in [6, 6.07) is 4.71. The lowest BCUT2D eigenvalue weighted by atomic mass is 10.2. The molecule has 0 heterocycles. The van der Waals surface area contributed by atoms with Gasteiger partial charge in [0.2, 0.25) is 0 Å². The van der Waals surface area contributed by atoms with Crippen molar-refractivity contribution >= 4 is 34.1 Å². The molecule has 0 spiro atoms. The lowest BCUT2D eigenvalue weighted by molar-refractivity contribution is 0.483. The summed E-state index contributed by atoms with van der Waals surface area (Å²) in [4.78, 5) is -0.0417. The number of rotatable bonds is 1. The number of halogens is 1. The summed E-state index contributed by atoms with van der Waals surface area (Å²) in [5.41, 5.74) is 1.64. The first-order valence-electron chi connectivity index (χ1n) is 3.45. The normalized spacial score (nSPS) is 10.7. The molecule has 0 amide bonds. The highest BCUT2D eigenvalue weighted by Gasteiger charge is 2.09. The second kappa shape index (κ2) is 4.39. The van der Waals surface area contributed by atoms with Crippen LogP contribution in [0.4, 0.5) is 0 Å². The average molecular weight is 314 g/mol. The molecule has 0 aliphatic rings. The monoisotopic (exact) mass is 314 g/mol. The van der Waals surface area contributed by atoms with Crippen molar-refractivity contribution in [3.05, 3.63) is 29.3 Å². The van der Waals surface area contributed by atoms with E-state index in [1.807, 2.05) is 6.07 Å². The summed E-state index contributed by atoms with van der Waals surface area (Å²) in [6.45, 7) is 3.56. The lowest BCUT2D eigenvalue weighted by Crippen LogP contribution is -1.98. The van der Waals surface area contributed by atoms with Crippen LogP contribution in [0.15, 0.2) is 23.1 Å². The Morgan fingerprint density at radius 1 is 1.08 bits per heavy atom. The molecular formula is C8H11IO3S. The van der Waals surface area contributed by atoms with Crippen LogP contribution in [0.25, 0.3) is 0 Å². The highest BCUT2D eigenvalue weighted by atomic mass is 127. The fraction of sp³-hybridized carbons (Fsp3) is 0.250. The number of hydrogen-bond acceptors (Lipinski definition) is 2. The standard InChI is InChI=1S/C8H10O3S.HI/c1-6-3-7(2)5-8(4-6)12(9,10)11;/h3-5H,1-2H3,(H,9,10,11);1H. The van der Waals surface area contributed by atoms with Gasteiger partial charge < -0.3 is 0 Å². The molecule has 0 atom stereocenters. The van der Waals surface area contributed by atoms with Gasteiger partial charge in [0, 0.05) is 0 Å². The maximum atomic E-state index is 10.7. The topological polar surface area (TPSA) is 54.4 Å². The minimum Gasteiger partial charge on any atom is -0.282 e. The van der Waals surface area contributed by atoms with Crippen molar-refractivity contribution in [1.82, 2.24) is 0 Å². The van der Waals surface area contributed by atoms with Gasteiger partial charge in [-0.3, -0.25) is 4.55 Å². The Kier molecular flexibility index (Phi) is 4.34. The fourth-order valence-electron chi connectivity index (χ4n) is 1.08. The van der Waals surface area contributed by atoms with Gasteiger partial charge in [0.25, 0.3) is 10.1 Å².